The Kier molecular flexibility index (Phi) is 4.66. The molecule has 0 amide bonds. The van der Waals surface area contributed by atoms with E-state index in [9.17, 15) is 10.1 Å². The fourth-order valence-corrected chi connectivity index (χ4v) is 1.91. The van der Waals surface area contributed by atoms with Crippen molar-refractivity contribution in [2.75, 3.05) is 11.9 Å². The second kappa shape index (κ2) is 5.81. The smallest absolute Gasteiger partial charge is 0.333 e. The van der Waals surface area contributed by atoms with Crippen molar-refractivity contribution in [1.82, 2.24) is 9.78 Å². The lowest BCUT2D eigenvalue weighted by molar-refractivity contribution is -0.384. The van der Waals surface area contributed by atoms with Crippen LogP contribution in [0.5, 0.6) is 0 Å². The molecule has 0 saturated heterocycles. The zero-order valence-corrected chi connectivity index (χ0v) is 11.2. The average molecular weight is 256 g/mol. The summed E-state index contributed by atoms with van der Waals surface area (Å²) in [6.07, 6.45) is 0.541. The van der Waals surface area contributed by atoms with Gasteiger partial charge in [0.25, 0.3) is 0 Å². The molecule has 0 aliphatic heterocycles. The van der Waals surface area contributed by atoms with Crippen molar-refractivity contribution in [1.29, 1.82) is 0 Å². The maximum atomic E-state index is 11.0. The molecule has 0 bridgehead atoms. The third-order valence-corrected chi connectivity index (χ3v) is 2.94. The first-order chi connectivity index (χ1) is 8.38. The van der Waals surface area contributed by atoms with Gasteiger partial charge in [-0.2, -0.15) is 5.10 Å². The van der Waals surface area contributed by atoms with Gasteiger partial charge in [0.05, 0.1) is 4.92 Å². The first-order valence-corrected chi connectivity index (χ1v) is 5.93. The van der Waals surface area contributed by atoms with Crippen LogP contribution in [0, 0.1) is 23.0 Å². The molecular weight excluding hydrogens is 236 g/mol. The number of aryl methyl sites for hydroxylation is 2. The maximum absolute atomic E-state index is 11.0. The summed E-state index contributed by atoms with van der Waals surface area (Å²) >= 11 is 0. The van der Waals surface area contributed by atoms with Crippen LogP contribution in [0.2, 0.25) is 0 Å². The summed E-state index contributed by atoms with van der Waals surface area (Å²) < 4.78 is 1.47. The van der Waals surface area contributed by atoms with E-state index in [-0.39, 0.29) is 24.3 Å². The summed E-state index contributed by atoms with van der Waals surface area (Å²) in [4.78, 5) is 10.6. The molecule has 7 heteroatoms. The molecule has 1 rings (SSSR count). The Balaban J connectivity index is 3.05. The molecule has 102 valence electrons. The Labute approximate surface area is 106 Å². The number of hydrogen-bond acceptors (Lipinski definition) is 5. The third kappa shape index (κ3) is 2.98. The molecule has 1 atom stereocenters. The van der Waals surface area contributed by atoms with Crippen molar-refractivity contribution in [2.24, 2.45) is 13.0 Å². The molecule has 0 saturated carbocycles. The van der Waals surface area contributed by atoms with E-state index in [2.05, 4.69) is 10.4 Å². The van der Waals surface area contributed by atoms with Crippen LogP contribution in [0.15, 0.2) is 0 Å². The molecule has 2 N–H and O–H groups in total. The van der Waals surface area contributed by atoms with Crippen molar-refractivity contribution < 1.29 is 10.0 Å². The number of aromatic nitrogens is 2. The lowest BCUT2D eigenvalue weighted by atomic mass is 10.0. The van der Waals surface area contributed by atoms with Crippen molar-refractivity contribution in [3.8, 4) is 0 Å². The number of rotatable bonds is 6. The van der Waals surface area contributed by atoms with Gasteiger partial charge < -0.3 is 10.4 Å². The molecule has 0 radical (unpaired) electrons. The molecule has 1 aromatic rings. The molecule has 0 aromatic carbocycles. The highest BCUT2D eigenvalue weighted by molar-refractivity contribution is 5.59. The van der Waals surface area contributed by atoms with Crippen LogP contribution in [0.1, 0.15) is 26.0 Å². The lowest BCUT2D eigenvalue weighted by Gasteiger charge is -2.22. The van der Waals surface area contributed by atoms with Crippen LogP contribution in [0.4, 0.5) is 11.5 Å². The van der Waals surface area contributed by atoms with Gasteiger partial charge in [-0.3, -0.25) is 10.1 Å². The summed E-state index contributed by atoms with van der Waals surface area (Å²) in [6, 6.07) is -0.0245. The van der Waals surface area contributed by atoms with Gasteiger partial charge in [0.15, 0.2) is 0 Å². The first-order valence-electron chi connectivity index (χ1n) is 5.93. The van der Waals surface area contributed by atoms with Gasteiger partial charge in [-0.1, -0.05) is 13.8 Å². The largest absolute Gasteiger partial charge is 0.396 e. The van der Waals surface area contributed by atoms with Gasteiger partial charge in [-0.25, -0.2) is 4.68 Å². The van der Waals surface area contributed by atoms with Crippen molar-refractivity contribution in [3.63, 3.8) is 0 Å². The average Bonchev–Trinajstić information content (AvgIpc) is 2.52. The Morgan fingerprint density at radius 2 is 2.17 bits per heavy atom. The fraction of sp³-hybridized carbons (Fsp3) is 0.727. The highest BCUT2D eigenvalue weighted by Gasteiger charge is 2.26. The van der Waals surface area contributed by atoms with Crippen molar-refractivity contribution in [2.45, 2.75) is 33.2 Å². The van der Waals surface area contributed by atoms with Gasteiger partial charge in [0.2, 0.25) is 5.82 Å². The molecule has 18 heavy (non-hydrogen) atoms. The van der Waals surface area contributed by atoms with E-state index in [1.165, 1.54) is 4.68 Å². The SMILES string of the molecule is Cc1nn(C)c(NC(CCO)C(C)C)c1[N+](=O)[O-]. The standard InChI is InChI=1S/C11H20N4O3/c1-7(2)9(5-6-16)12-11-10(15(17)18)8(3)13-14(11)4/h7,9,12,16H,5-6H2,1-4H3. The van der Waals surface area contributed by atoms with E-state index in [0.717, 1.165) is 0 Å². The van der Waals surface area contributed by atoms with Crippen LogP contribution < -0.4 is 5.32 Å². The van der Waals surface area contributed by atoms with Crippen LogP contribution in [0.25, 0.3) is 0 Å². The van der Waals surface area contributed by atoms with Gasteiger partial charge >= 0.3 is 5.69 Å². The number of anilines is 1. The maximum Gasteiger partial charge on any atom is 0.333 e. The molecule has 0 aliphatic carbocycles. The third-order valence-electron chi connectivity index (χ3n) is 2.94. The van der Waals surface area contributed by atoms with Gasteiger partial charge in [0, 0.05) is 19.7 Å². The Morgan fingerprint density at radius 1 is 1.56 bits per heavy atom. The summed E-state index contributed by atoms with van der Waals surface area (Å²) in [6.45, 7) is 5.66. The molecule has 1 aromatic heterocycles. The highest BCUT2D eigenvalue weighted by Crippen LogP contribution is 2.29. The van der Waals surface area contributed by atoms with E-state index in [4.69, 9.17) is 5.11 Å². The number of aliphatic hydroxyl groups excluding tert-OH is 1. The zero-order chi connectivity index (χ0) is 13.9. The predicted octanol–water partition coefficient (Wildman–Crippen LogP) is 1.46. The van der Waals surface area contributed by atoms with E-state index in [1.807, 2.05) is 13.8 Å². The van der Waals surface area contributed by atoms with E-state index < -0.39 is 4.92 Å². The van der Waals surface area contributed by atoms with Crippen LogP contribution in [-0.4, -0.2) is 32.5 Å². The minimum atomic E-state index is -0.430. The van der Waals surface area contributed by atoms with Crippen molar-refractivity contribution >= 4 is 11.5 Å². The van der Waals surface area contributed by atoms with E-state index in [1.54, 1.807) is 14.0 Å². The molecule has 0 aliphatic rings. The Morgan fingerprint density at radius 3 is 2.61 bits per heavy atom. The van der Waals surface area contributed by atoms with E-state index >= 15 is 0 Å². The molecule has 0 fully saturated rings. The molecular formula is C11H20N4O3. The Bertz CT molecular complexity index is 428. The molecule has 7 nitrogen and oxygen atoms in total. The minimum Gasteiger partial charge on any atom is -0.396 e. The first kappa shape index (κ1) is 14.4. The topological polar surface area (TPSA) is 93.2 Å². The minimum absolute atomic E-state index is 0.00101. The number of nitrogens with one attached hydrogen (secondary N) is 1. The van der Waals surface area contributed by atoms with E-state index in [0.29, 0.717) is 17.9 Å². The summed E-state index contributed by atoms with van der Waals surface area (Å²) in [5, 5.41) is 27.2. The second-order valence-corrected chi connectivity index (χ2v) is 4.67. The number of nitro groups is 1. The number of aliphatic hydroxyl groups is 1. The van der Waals surface area contributed by atoms with Gasteiger partial charge in [-0.05, 0) is 19.3 Å². The summed E-state index contributed by atoms with van der Waals surface area (Å²) in [5.74, 6) is 0.650. The van der Waals surface area contributed by atoms with Crippen LogP contribution in [-0.2, 0) is 7.05 Å². The summed E-state index contributed by atoms with van der Waals surface area (Å²) in [5.41, 5.74) is 0.387. The summed E-state index contributed by atoms with van der Waals surface area (Å²) in [7, 11) is 1.67. The number of nitrogens with zero attached hydrogens (tertiary/aromatic N) is 3. The van der Waals surface area contributed by atoms with Crippen LogP contribution >= 0.6 is 0 Å². The van der Waals surface area contributed by atoms with Crippen LogP contribution in [0.3, 0.4) is 0 Å². The quantitative estimate of drug-likeness (QED) is 0.593. The molecule has 1 unspecified atom stereocenters. The highest BCUT2D eigenvalue weighted by atomic mass is 16.6. The van der Waals surface area contributed by atoms with Crippen molar-refractivity contribution in [3.05, 3.63) is 15.8 Å². The zero-order valence-electron chi connectivity index (χ0n) is 11.2. The molecule has 0 spiro atoms. The fourth-order valence-electron chi connectivity index (χ4n) is 1.91. The lowest BCUT2D eigenvalue weighted by Crippen LogP contribution is -2.28. The monoisotopic (exact) mass is 256 g/mol. The van der Waals surface area contributed by atoms with Gasteiger partial charge in [0.1, 0.15) is 5.69 Å². The predicted molar refractivity (Wildman–Crippen MR) is 68.6 cm³/mol. The van der Waals surface area contributed by atoms with Gasteiger partial charge in [-0.15, -0.1) is 0 Å². The number of hydrogen-bond donors (Lipinski definition) is 2. The normalized spacial score (nSPS) is 12.8. The second-order valence-electron chi connectivity index (χ2n) is 4.67. The Hall–Kier alpha value is -1.63. The molecule has 1 heterocycles.